The van der Waals surface area contributed by atoms with Crippen LogP contribution in [0.15, 0.2) is 54.6 Å². The van der Waals surface area contributed by atoms with Crippen LogP contribution in [0.5, 0.6) is 5.75 Å². The van der Waals surface area contributed by atoms with Gasteiger partial charge in [-0.1, -0.05) is 62.1 Å². The van der Waals surface area contributed by atoms with Crippen LogP contribution >= 0.6 is 0 Å². The molecule has 3 N–H and O–H groups in total. The SMILES string of the molecule is CC(C)(C)OC(=O)N[C@H](CCCOc1cccc(C[C@H](NC(=O)OCc2ccccc2)C(=O)OCC[Si](C)(C)C)c1)C(=O)O. The monoisotopic (exact) mass is 630 g/mol. The molecule has 0 aliphatic rings. The molecule has 0 aliphatic carbocycles. The van der Waals surface area contributed by atoms with Gasteiger partial charge in [0.05, 0.1) is 13.2 Å². The van der Waals surface area contributed by atoms with E-state index in [0.29, 0.717) is 17.7 Å². The molecule has 0 unspecified atom stereocenters. The van der Waals surface area contributed by atoms with E-state index < -0.39 is 49.9 Å². The lowest BCUT2D eigenvalue weighted by atomic mass is 10.1. The number of carboxylic acids is 1. The van der Waals surface area contributed by atoms with Gasteiger partial charge in [-0.05, 0) is 62.9 Å². The number of esters is 1. The van der Waals surface area contributed by atoms with Crippen LogP contribution < -0.4 is 15.4 Å². The van der Waals surface area contributed by atoms with Gasteiger partial charge in [0.25, 0.3) is 0 Å². The minimum absolute atomic E-state index is 0.0589. The molecule has 242 valence electrons. The normalized spacial score (nSPS) is 12.8. The van der Waals surface area contributed by atoms with Gasteiger partial charge in [0, 0.05) is 14.5 Å². The van der Waals surface area contributed by atoms with E-state index in [1.807, 2.05) is 30.3 Å². The predicted molar refractivity (Wildman–Crippen MR) is 168 cm³/mol. The molecule has 11 nitrogen and oxygen atoms in total. The average molecular weight is 631 g/mol. The average Bonchev–Trinajstić information content (AvgIpc) is 2.92. The van der Waals surface area contributed by atoms with Crippen molar-refractivity contribution < 1.29 is 43.2 Å². The van der Waals surface area contributed by atoms with E-state index in [1.54, 1.807) is 45.0 Å². The standard InChI is InChI=1S/C32H46N2O9Si/c1-32(2,3)43-31(39)33-26(28(35)36)16-11-17-40-25-15-10-14-24(20-25)21-27(29(37)41-18-19-44(4,5)6)34-30(38)42-22-23-12-8-7-9-13-23/h7-10,12-15,20,26-27H,11,16-19,21-22H2,1-6H3,(H,33,39)(H,34,38)(H,35,36)/t26-,27+/m1/s1. The molecular weight excluding hydrogens is 584 g/mol. The highest BCUT2D eigenvalue weighted by molar-refractivity contribution is 6.76. The number of ether oxygens (including phenoxy) is 4. The van der Waals surface area contributed by atoms with E-state index in [9.17, 15) is 24.3 Å². The van der Waals surface area contributed by atoms with Crippen LogP contribution in [0.2, 0.25) is 25.7 Å². The van der Waals surface area contributed by atoms with Gasteiger partial charge in [0.15, 0.2) is 0 Å². The van der Waals surface area contributed by atoms with Crippen molar-refractivity contribution in [1.29, 1.82) is 0 Å². The molecule has 12 heteroatoms. The van der Waals surface area contributed by atoms with Gasteiger partial charge in [-0.15, -0.1) is 0 Å². The number of alkyl carbamates (subject to hydrolysis) is 2. The third-order valence-corrected chi connectivity index (χ3v) is 7.82. The number of benzene rings is 2. The number of hydrogen-bond acceptors (Lipinski definition) is 8. The Labute approximate surface area is 260 Å². The summed E-state index contributed by atoms with van der Waals surface area (Å²) in [6, 6.07) is 15.0. The van der Waals surface area contributed by atoms with Crippen molar-refractivity contribution in [3.63, 3.8) is 0 Å². The van der Waals surface area contributed by atoms with Gasteiger partial charge >= 0.3 is 24.1 Å². The molecule has 2 aromatic rings. The maximum absolute atomic E-state index is 13.0. The molecule has 2 amide bonds. The fourth-order valence-corrected chi connectivity index (χ4v) is 4.56. The van der Waals surface area contributed by atoms with Crippen molar-refractivity contribution in [3.8, 4) is 5.75 Å². The summed E-state index contributed by atoms with van der Waals surface area (Å²) in [5.74, 6) is -1.22. The zero-order valence-electron chi connectivity index (χ0n) is 26.5. The Balaban J connectivity index is 1.98. The van der Waals surface area contributed by atoms with Crippen LogP contribution in [0.1, 0.15) is 44.7 Å². The first-order chi connectivity index (χ1) is 20.6. The molecule has 0 saturated carbocycles. The Morgan fingerprint density at radius 1 is 0.841 bits per heavy atom. The third kappa shape index (κ3) is 15.4. The summed E-state index contributed by atoms with van der Waals surface area (Å²) in [5.41, 5.74) is 0.785. The summed E-state index contributed by atoms with van der Waals surface area (Å²) in [5, 5.41) is 14.5. The lowest BCUT2D eigenvalue weighted by molar-refractivity contribution is -0.145. The molecule has 0 aromatic heterocycles. The highest BCUT2D eigenvalue weighted by Gasteiger charge is 2.26. The van der Waals surface area contributed by atoms with Gasteiger partial charge < -0.3 is 34.7 Å². The van der Waals surface area contributed by atoms with Gasteiger partial charge in [0.2, 0.25) is 0 Å². The van der Waals surface area contributed by atoms with Crippen LogP contribution in [-0.4, -0.2) is 68.2 Å². The first-order valence-corrected chi connectivity index (χ1v) is 18.4. The quantitative estimate of drug-likeness (QED) is 0.0940. The van der Waals surface area contributed by atoms with Crippen molar-refractivity contribution >= 4 is 32.2 Å². The van der Waals surface area contributed by atoms with Crippen molar-refractivity contribution in [2.75, 3.05) is 13.2 Å². The summed E-state index contributed by atoms with van der Waals surface area (Å²) >= 11 is 0. The molecule has 0 saturated heterocycles. The predicted octanol–water partition coefficient (Wildman–Crippen LogP) is 5.54. The summed E-state index contributed by atoms with van der Waals surface area (Å²) in [6.07, 6.45) is -0.914. The number of carboxylic acid groups (broad SMARTS) is 1. The Hall–Kier alpha value is -4.06. The molecule has 0 bridgehead atoms. The maximum atomic E-state index is 13.0. The summed E-state index contributed by atoms with van der Waals surface area (Å²) in [7, 11) is -1.44. The number of aliphatic carboxylic acids is 1. The molecule has 44 heavy (non-hydrogen) atoms. The summed E-state index contributed by atoms with van der Waals surface area (Å²) in [4.78, 5) is 49.2. The Bertz CT molecular complexity index is 1230. The second kappa shape index (κ2) is 17.3. The Morgan fingerprint density at radius 3 is 2.14 bits per heavy atom. The lowest BCUT2D eigenvalue weighted by Gasteiger charge is -2.22. The minimum Gasteiger partial charge on any atom is -0.494 e. The van der Waals surface area contributed by atoms with Crippen molar-refractivity contribution in [2.45, 2.75) is 90.0 Å². The second-order valence-corrected chi connectivity index (χ2v) is 18.2. The first-order valence-electron chi connectivity index (χ1n) is 14.7. The Morgan fingerprint density at radius 2 is 1.50 bits per heavy atom. The van der Waals surface area contributed by atoms with E-state index in [0.717, 1.165) is 11.6 Å². The minimum atomic E-state index is -1.44. The highest BCUT2D eigenvalue weighted by Crippen LogP contribution is 2.17. The topological polar surface area (TPSA) is 149 Å². The molecule has 0 spiro atoms. The van der Waals surface area contributed by atoms with Gasteiger partial charge in [-0.25, -0.2) is 19.2 Å². The zero-order valence-corrected chi connectivity index (χ0v) is 27.5. The van der Waals surface area contributed by atoms with Crippen LogP contribution in [0.25, 0.3) is 0 Å². The first kappa shape index (κ1) is 36.1. The van der Waals surface area contributed by atoms with Crippen LogP contribution in [0.3, 0.4) is 0 Å². The van der Waals surface area contributed by atoms with E-state index in [4.69, 9.17) is 18.9 Å². The number of rotatable bonds is 16. The molecule has 2 atom stereocenters. The van der Waals surface area contributed by atoms with Crippen molar-refractivity contribution in [1.82, 2.24) is 10.6 Å². The molecule has 0 aliphatic heterocycles. The molecule has 2 aromatic carbocycles. The Kier molecular flexibility index (Phi) is 14.2. The number of carbonyl (C=O) groups excluding carboxylic acids is 3. The molecular formula is C32H46N2O9Si. The maximum Gasteiger partial charge on any atom is 0.408 e. The van der Waals surface area contributed by atoms with E-state index in [1.165, 1.54) is 0 Å². The zero-order chi connectivity index (χ0) is 32.8. The van der Waals surface area contributed by atoms with E-state index in [2.05, 4.69) is 30.3 Å². The largest absolute Gasteiger partial charge is 0.494 e. The lowest BCUT2D eigenvalue weighted by Crippen LogP contribution is -2.44. The molecule has 2 rings (SSSR count). The summed E-state index contributed by atoms with van der Waals surface area (Å²) in [6.45, 7) is 12.1. The van der Waals surface area contributed by atoms with Gasteiger partial charge in [-0.3, -0.25) is 0 Å². The molecule has 0 fully saturated rings. The summed E-state index contributed by atoms with van der Waals surface area (Å²) < 4.78 is 21.8. The fraction of sp³-hybridized carbons (Fsp3) is 0.500. The number of carbonyl (C=O) groups is 4. The van der Waals surface area contributed by atoms with Gasteiger partial charge in [-0.2, -0.15) is 0 Å². The van der Waals surface area contributed by atoms with Gasteiger partial charge in [0.1, 0.15) is 30.0 Å². The van der Waals surface area contributed by atoms with Crippen LogP contribution in [0, 0.1) is 0 Å². The molecule has 0 radical (unpaired) electrons. The number of hydrogen-bond donors (Lipinski definition) is 3. The van der Waals surface area contributed by atoms with Crippen LogP contribution in [-0.2, 0) is 36.8 Å². The fourth-order valence-electron chi connectivity index (χ4n) is 3.84. The van der Waals surface area contributed by atoms with Crippen molar-refractivity contribution in [2.24, 2.45) is 0 Å². The number of amides is 2. The smallest absolute Gasteiger partial charge is 0.408 e. The second-order valence-electron chi connectivity index (χ2n) is 12.6. The van der Waals surface area contributed by atoms with Crippen LogP contribution in [0.4, 0.5) is 9.59 Å². The highest BCUT2D eigenvalue weighted by atomic mass is 28.3. The third-order valence-electron chi connectivity index (χ3n) is 6.12. The van der Waals surface area contributed by atoms with Crippen molar-refractivity contribution in [3.05, 3.63) is 65.7 Å². The van der Waals surface area contributed by atoms with E-state index >= 15 is 0 Å². The van der Waals surface area contributed by atoms with E-state index in [-0.39, 0.29) is 32.7 Å². The molecule has 0 heterocycles. The number of nitrogens with one attached hydrogen (secondary N) is 2.